The molecule has 1 amide bonds. The van der Waals surface area contributed by atoms with Crippen LogP contribution in [-0.2, 0) is 40.6 Å². The number of carbonyl (C=O) groups excluding carboxylic acids is 1. The van der Waals surface area contributed by atoms with Gasteiger partial charge in [-0.2, -0.15) is 5.10 Å². The zero-order valence-electron chi connectivity index (χ0n) is 16.3. The average Bonchev–Trinajstić information content (AvgIpc) is 3.14. The van der Waals surface area contributed by atoms with Crippen LogP contribution in [0.15, 0.2) is 34.0 Å². The van der Waals surface area contributed by atoms with E-state index in [1.54, 1.807) is 23.1 Å². The topological polar surface area (TPSA) is 101 Å². The molecule has 1 N–H and O–H groups in total. The molecule has 4 rings (SSSR count). The molecule has 1 aliphatic carbocycles. The summed E-state index contributed by atoms with van der Waals surface area (Å²) in [5.41, 5.74) is 3.35. The lowest BCUT2D eigenvalue weighted by Gasteiger charge is -2.28. The molecule has 2 heterocycles. The molecule has 1 aromatic heterocycles. The molecule has 8 nitrogen and oxygen atoms in total. The molecule has 1 aromatic carbocycles. The number of amides is 1. The lowest BCUT2D eigenvalue weighted by Crippen LogP contribution is -2.34. The molecule has 154 valence electrons. The number of anilines is 1. The van der Waals surface area contributed by atoms with Gasteiger partial charge in [0.05, 0.1) is 17.1 Å². The predicted octanol–water partition coefficient (Wildman–Crippen LogP) is 1.01. The van der Waals surface area contributed by atoms with E-state index in [1.165, 1.54) is 17.7 Å². The van der Waals surface area contributed by atoms with Crippen LogP contribution in [0.2, 0.25) is 0 Å². The van der Waals surface area contributed by atoms with E-state index in [0.29, 0.717) is 6.54 Å². The van der Waals surface area contributed by atoms with Crippen LogP contribution in [0.4, 0.5) is 5.69 Å². The lowest BCUT2D eigenvalue weighted by atomic mass is 10.0. The number of sulfonamides is 1. The third kappa shape index (κ3) is 3.97. The molecule has 1 aliphatic heterocycles. The lowest BCUT2D eigenvalue weighted by molar-refractivity contribution is -0.116. The Labute approximate surface area is 169 Å². The summed E-state index contributed by atoms with van der Waals surface area (Å²) in [5, 5.41) is 4.36. The van der Waals surface area contributed by atoms with Crippen LogP contribution in [0.5, 0.6) is 0 Å². The Kier molecular flexibility index (Phi) is 5.26. The van der Waals surface area contributed by atoms with E-state index < -0.39 is 10.0 Å². The van der Waals surface area contributed by atoms with Gasteiger partial charge in [0, 0.05) is 31.8 Å². The van der Waals surface area contributed by atoms with Gasteiger partial charge in [0.25, 0.3) is 5.56 Å². The van der Waals surface area contributed by atoms with Gasteiger partial charge in [0.2, 0.25) is 15.9 Å². The quantitative estimate of drug-likeness (QED) is 0.784. The Morgan fingerprint density at radius 2 is 1.93 bits per heavy atom. The van der Waals surface area contributed by atoms with Crippen molar-refractivity contribution in [2.24, 2.45) is 0 Å². The van der Waals surface area contributed by atoms with Crippen molar-refractivity contribution in [2.75, 3.05) is 18.0 Å². The normalized spacial score (nSPS) is 15.8. The summed E-state index contributed by atoms with van der Waals surface area (Å²) in [6, 6.07) is 6.44. The van der Waals surface area contributed by atoms with Gasteiger partial charge < -0.3 is 4.90 Å². The van der Waals surface area contributed by atoms with Crippen molar-refractivity contribution in [3.63, 3.8) is 0 Å². The Balaban J connectivity index is 1.47. The molecule has 0 radical (unpaired) electrons. The van der Waals surface area contributed by atoms with E-state index in [1.807, 2.05) is 0 Å². The second-order valence-electron chi connectivity index (χ2n) is 7.49. The predicted molar refractivity (Wildman–Crippen MR) is 109 cm³/mol. The Morgan fingerprint density at radius 3 is 2.72 bits per heavy atom. The highest BCUT2D eigenvalue weighted by molar-refractivity contribution is 7.89. The summed E-state index contributed by atoms with van der Waals surface area (Å²) in [6.45, 7) is 2.41. The molecular formula is C20H24N4O4S. The van der Waals surface area contributed by atoms with Crippen LogP contribution in [0, 0.1) is 0 Å². The van der Waals surface area contributed by atoms with Gasteiger partial charge in [-0.05, 0) is 61.4 Å². The summed E-state index contributed by atoms with van der Waals surface area (Å²) < 4.78 is 29.3. The standard InChI is InChI=1S/C20H24N4O4S/c1-14(25)23-10-3-5-16-12-17(7-8-19(16)23)29(27,28)21-9-11-24-20(26)13-15-4-2-6-18(15)22-24/h7-8,12-13,21H,2-6,9-11H2,1H3. The Bertz CT molecular complexity index is 1120. The smallest absolute Gasteiger partial charge is 0.267 e. The largest absolute Gasteiger partial charge is 0.312 e. The van der Waals surface area contributed by atoms with Gasteiger partial charge in [-0.3, -0.25) is 9.59 Å². The van der Waals surface area contributed by atoms with Gasteiger partial charge in [-0.25, -0.2) is 17.8 Å². The second-order valence-corrected chi connectivity index (χ2v) is 9.26. The van der Waals surface area contributed by atoms with Crippen molar-refractivity contribution in [1.29, 1.82) is 0 Å². The van der Waals surface area contributed by atoms with E-state index in [0.717, 1.165) is 54.6 Å². The number of benzene rings is 1. The van der Waals surface area contributed by atoms with E-state index in [2.05, 4.69) is 9.82 Å². The number of aryl methyl sites for hydroxylation is 3. The van der Waals surface area contributed by atoms with E-state index in [9.17, 15) is 18.0 Å². The number of hydrogen-bond donors (Lipinski definition) is 1. The highest BCUT2D eigenvalue weighted by Crippen LogP contribution is 2.29. The molecule has 0 atom stereocenters. The number of carbonyl (C=O) groups is 1. The molecule has 2 aliphatic rings. The van der Waals surface area contributed by atoms with Gasteiger partial charge >= 0.3 is 0 Å². The van der Waals surface area contributed by atoms with Crippen LogP contribution in [-0.4, -0.2) is 37.2 Å². The first kappa shape index (κ1) is 19.8. The molecule has 0 saturated heterocycles. The number of nitrogens with one attached hydrogen (secondary N) is 1. The Hall–Kier alpha value is -2.52. The Morgan fingerprint density at radius 1 is 1.14 bits per heavy atom. The van der Waals surface area contributed by atoms with Crippen LogP contribution in [0.3, 0.4) is 0 Å². The highest BCUT2D eigenvalue weighted by Gasteiger charge is 2.23. The molecule has 9 heteroatoms. The number of rotatable bonds is 5. The van der Waals surface area contributed by atoms with Gasteiger partial charge in [-0.1, -0.05) is 0 Å². The fraction of sp³-hybridized carbons (Fsp3) is 0.450. The molecule has 0 fully saturated rings. The van der Waals surface area contributed by atoms with Crippen LogP contribution >= 0.6 is 0 Å². The molecule has 29 heavy (non-hydrogen) atoms. The third-order valence-electron chi connectivity index (χ3n) is 5.50. The summed E-state index contributed by atoms with van der Waals surface area (Å²) in [7, 11) is -3.72. The van der Waals surface area contributed by atoms with Gasteiger partial charge in [0.1, 0.15) is 0 Å². The maximum absolute atomic E-state index is 12.7. The number of aromatic nitrogens is 2. The molecule has 0 spiro atoms. The molecule has 0 bridgehead atoms. The van der Waals surface area contributed by atoms with Crippen molar-refractivity contribution in [2.45, 2.75) is 50.5 Å². The maximum Gasteiger partial charge on any atom is 0.267 e. The summed E-state index contributed by atoms with van der Waals surface area (Å²) in [4.78, 5) is 25.8. The van der Waals surface area contributed by atoms with Crippen molar-refractivity contribution in [1.82, 2.24) is 14.5 Å². The molecular weight excluding hydrogens is 392 g/mol. The average molecular weight is 417 g/mol. The summed E-state index contributed by atoms with van der Waals surface area (Å²) in [6.07, 6.45) is 4.27. The van der Waals surface area contributed by atoms with E-state index in [-0.39, 0.29) is 29.5 Å². The summed E-state index contributed by atoms with van der Waals surface area (Å²) >= 11 is 0. The minimum Gasteiger partial charge on any atom is -0.312 e. The number of fused-ring (bicyclic) bond motifs is 2. The van der Waals surface area contributed by atoms with Crippen molar-refractivity contribution < 1.29 is 13.2 Å². The maximum atomic E-state index is 12.7. The van der Waals surface area contributed by atoms with Gasteiger partial charge in [0.15, 0.2) is 0 Å². The molecule has 0 saturated carbocycles. The molecule has 0 unspecified atom stereocenters. The third-order valence-corrected chi connectivity index (χ3v) is 6.96. The zero-order chi connectivity index (χ0) is 20.6. The van der Waals surface area contributed by atoms with E-state index >= 15 is 0 Å². The zero-order valence-corrected chi connectivity index (χ0v) is 17.2. The van der Waals surface area contributed by atoms with Crippen molar-refractivity contribution in [3.05, 3.63) is 51.4 Å². The van der Waals surface area contributed by atoms with Crippen molar-refractivity contribution >= 4 is 21.6 Å². The van der Waals surface area contributed by atoms with Crippen LogP contribution in [0.1, 0.15) is 36.6 Å². The van der Waals surface area contributed by atoms with Crippen LogP contribution < -0.4 is 15.2 Å². The second kappa shape index (κ2) is 7.72. The fourth-order valence-corrected chi connectivity index (χ4v) is 5.11. The monoisotopic (exact) mass is 416 g/mol. The first-order chi connectivity index (χ1) is 13.8. The molecule has 2 aromatic rings. The van der Waals surface area contributed by atoms with Gasteiger partial charge in [-0.15, -0.1) is 0 Å². The minimum absolute atomic E-state index is 0.0491. The van der Waals surface area contributed by atoms with Crippen molar-refractivity contribution in [3.8, 4) is 0 Å². The first-order valence-electron chi connectivity index (χ1n) is 9.86. The number of hydrogen-bond acceptors (Lipinski definition) is 5. The van der Waals surface area contributed by atoms with Crippen LogP contribution in [0.25, 0.3) is 0 Å². The minimum atomic E-state index is -3.72. The SMILES string of the molecule is CC(=O)N1CCCc2cc(S(=O)(=O)NCCn3nc4c(cc3=O)CCC4)ccc21. The number of nitrogens with zero attached hydrogens (tertiary/aromatic N) is 3. The highest BCUT2D eigenvalue weighted by atomic mass is 32.2. The van der Waals surface area contributed by atoms with E-state index in [4.69, 9.17) is 0 Å². The fourth-order valence-electron chi connectivity index (χ4n) is 4.04. The first-order valence-corrected chi connectivity index (χ1v) is 11.3. The summed E-state index contributed by atoms with van der Waals surface area (Å²) in [5.74, 6) is -0.0491.